The summed E-state index contributed by atoms with van der Waals surface area (Å²) in [6, 6.07) is 11.4. The lowest BCUT2D eigenvalue weighted by Gasteiger charge is -2.08. The minimum Gasteiger partial charge on any atom is -0.497 e. The Morgan fingerprint density at radius 1 is 1.09 bits per heavy atom. The number of benzene rings is 2. The molecule has 164 valence electrons. The van der Waals surface area contributed by atoms with E-state index in [0.717, 1.165) is 5.56 Å². The van der Waals surface area contributed by atoms with Crippen LogP contribution in [0.5, 0.6) is 11.5 Å². The van der Waals surface area contributed by atoms with Crippen LogP contribution in [0.15, 0.2) is 47.8 Å². The molecule has 4 aromatic rings. The number of halogens is 1. The maximum atomic E-state index is 13.3. The van der Waals surface area contributed by atoms with Crippen molar-refractivity contribution in [3.63, 3.8) is 0 Å². The molecule has 0 fully saturated rings. The van der Waals surface area contributed by atoms with Gasteiger partial charge in [-0.2, -0.15) is 5.10 Å². The molecular weight excluding hydrogens is 431 g/mol. The molecule has 9 heteroatoms. The van der Waals surface area contributed by atoms with Crippen molar-refractivity contribution < 1.29 is 18.7 Å². The smallest absolute Gasteiger partial charge is 0.261 e. The third-order valence-corrected chi connectivity index (χ3v) is 5.75. The molecule has 0 radical (unpaired) electrons. The molecule has 0 saturated carbocycles. The summed E-state index contributed by atoms with van der Waals surface area (Å²) >= 11 is 1.31. The van der Waals surface area contributed by atoms with Gasteiger partial charge in [0.2, 0.25) is 0 Å². The molecule has 2 aromatic heterocycles. The van der Waals surface area contributed by atoms with Gasteiger partial charge in [0.25, 0.3) is 5.91 Å². The zero-order chi connectivity index (χ0) is 22.8. The van der Waals surface area contributed by atoms with Crippen LogP contribution in [0.25, 0.3) is 16.9 Å². The monoisotopic (exact) mass is 452 g/mol. The van der Waals surface area contributed by atoms with Crippen molar-refractivity contribution in [2.24, 2.45) is 0 Å². The van der Waals surface area contributed by atoms with E-state index in [9.17, 15) is 9.18 Å². The number of thiazole rings is 1. The average Bonchev–Trinajstić information content (AvgIpc) is 3.37. The highest BCUT2D eigenvalue weighted by Crippen LogP contribution is 2.35. The first-order valence-electron chi connectivity index (χ1n) is 9.72. The number of amides is 1. The molecule has 0 unspecified atom stereocenters. The van der Waals surface area contributed by atoms with Crippen molar-refractivity contribution in [1.82, 2.24) is 14.8 Å². The van der Waals surface area contributed by atoms with Gasteiger partial charge in [-0.15, -0.1) is 11.3 Å². The Bertz CT molecular complexity index is 1280. The van der Waals surface area contributed by atoms with E-state index in [1.165, 1.54) is 23.5 Å². The maximum absolute atomic E-state index is 13.3. The number of nitrogens with zero attached hydrogens (tertiary/aromatic N) is 3. The molecule has 0 aliphatic heterocycles. The fraction of sp³-hybridized carbons (Fsp3) is 0.174. The van der Waals surface area contributed by atoms with Crippen molar-refractivity contribution >= 4 is 22.4 Å². The van der Waals surface area contributed by atoms with E-state index >= 15 is 0 Å². The van der Waals surface area contributed by atoms with Crippen molar-refractivity contribution in [3.8, 4) is 28.4 Å². The Morgan fingerprint density at radius 2 is 1.84 bits per heavy atom. The normalized spacial score (nSPS) is 10.8. The Kier molecular flexibility index (Phi) is 5.91. The van der Waals surface area contributed by atoms with Gasteiger partial charge in [0.1, 0.15) is 17.3 Å². The first kappa shape index (κ1) is 21.5. The van der Waals surface area contributed by atoms with Crippen LogP contribution >= 0.6 is 11.3 Å². The lowest BCUT2D eigenvalue weighted by Crippen LogP contribution is -2.14. The molecule has 2 aromatic carbocycles. The predicted octanol–water partition coefficient (Wildman–Crippen LogP) is 5.02. The molecular formula is C23H21FN4O3S. The molecule has 1 amide bonds. The molecule has 32 heavy (non-hydrogen) atoms. The van der Waals surface area contributed by atoms with E-state index in [1.54, 1.807) is 44.9 Å². The number of methoxy groups -OCH3 is 2. The van der Waals surface area contributed by atoms with Gasteiger partial charge in [-0.3, -0.25) is 10.1 Å². The van der Waals surface area contributed by atoms with Gasteiger partial charge in [-0.05, 0) is 56.3 Å². The topological polar surface area (TPSA) is 78.3 Å². The first-order chi connectivity index (χ1) is 15.4. The summed E-state index contributed by atoms with van der Waals surface area (Å²) < 4.78 is 25.6. The van der Waals surface area contributed by atoms with Crippen molar-refractivity contribution in [2.75, 3.05) is 19.5 Å². The van der Waals surface area contributed by atoms with Crippen LogP contribution < -0.4 is 14.8 Å². The lowest BCUT2D eigenvalue weighted by atomic mass is 10.1. The van der Waals surface area contributed by atoms with E-state index in [-0.39, 0.29) is 11.7 Å². The number of carbonyl (C=O) groups excluding carboxylic acids is 1. The fourth-order valence-electron chi connectivity index (χ4n) is 3.43. The van der Waals surface area contributed by atoms with E-state index in [4.69, 9.17) is 9.47 Å². The second kappa shape index (κ2) is 8.80. The van der Waals surface area contributed by atoms with Crippen LogP contribution in [-0.2, 0) is 0 Å². The largest absolute Gasteiger partial charge is 0.497 e. The highest BCUT2D eigenvalue weighted by Gasteiger charge is 2.21. The van der Waals surface area contributed by atoms with Gasteiger partial charge in [-0.1, -0.05) is 0 Å². The molecule has 0 spiro atoms. The highest BCUT2D eigenvalue weighted by molar-refractivity contribution is 7.14. The van der Waals surface area contributed by atoms with Crippen molar-refractivity contribution in [3.05, 3.63) is 70.6 Å². The Hall–Kier alpha value is -3.72. The summed E-state index contributed by atoms with van der Waals surface area (Å²) in [5.74, 6) is 0.687. The Balaban J connectivity index is 1.60. The van der Waals surface area contributed by atoms with E-state index in [1.807, 2.05) is 23.6 Å². The fourth-order valence-corrected chi connectivity index (χ4v) is 4.14. The second-order valence-electron chi connectivity index (χ2n) is 6.99. The van der Waals surface area contributed by atoms with Gasteiger partial charge in [0.15, 0.2) is 5.13 Å². The van der Waals surface area contributed by atoms with Crippen LogP contribution in [0.3, 0.4) is 0 Å². The third kappa shape index (κ3) is 4.06. The first-order valence-corrected chi connectivity index (χ1v) is 10.6. The van der Waals surface area contributed by atoms with Crippen LogP contribution in [0.4, 0.5) is 9.52 Å². The number of hydrogen-bond acceptors (Lipinski definition) is 6. The summed E-state index contributed by atoms with van der Waals surface area (Å²) in [6.45, 7) is 3.56. The number of aryl methyl sites for hydroxylation is 1. The zero-order valence-electron chi connectivity index (χ0n) is 18.0. The number of hydrogen-bond donors (Lipinski definition) is 1. The van der Waals surface area contributed by atoms with Gasteiger partial charge < -0.3 is 9.47 Å². The lowest BCUT2D eigenvalue weighted by molar-refractivity contribution is 0.102. The standard InChI is InChI=1S/C23H21FN4O3S/c1-13-21(14(2)28(27-13)16-7-5-15(24)6-8-16)22(29)26-23-25-19(12-32-23)18-11-17(30-3)9-10-20(18)31-4/h5-12H,1-4H3,(H,25,26,29). The molecule has 4 rings (SSSR count). The van der Waals surface area contributed by atoms with Crippen molar-refractivity contribution in [1.29, 1.82) is 0 Å². The number of aromatic nitrogens is 3. The molecule has 0 atom stereocenters. The van der Waals surface area contributed by atoms with Gasteiger partial charge in [-0.25, -0.2) is 14.1 Å². The highest BCUT2D eigenvalue weighted by atomic mass is 32.1. The Labute approximate surface area is 188 Å². The van der Waals surface area contributed by atoms with Crippen LogP contribution in [0.2, 0.25) is 0 Å². The van der Waals surface area contributed by atoms with Gasteiger partial charge in [0, 0.05) is 10.9 Å². The summed E-state index contributed by atoms with van der Waals surface area (Å²) in [6.07, 6.45) is 0. The molecule has 1 N–H and O–H groups in total. The Morgan fingerprint density at radius 3 is 2.53 bits per heavy atom. The van der Waals surface area contributed by atoms with E-state index in [0.29, 0.717) is 45.0 Å². The molecule has 0 aliphatic carbocycles. The van der Waals surface area contributed by atoms with Crippen LogP contribution in [-0.4, -0.2) is 34.9 Å². The summed E-state index contributed by atoms with van der Waals surface area (Å²) in [5, 5.41) is 9.60. The maximum Gasteiger partial charge on any atom is 0.261 e. The van der Waals surface area contributed by atoms with E-state index in [2.05, 4.69) is 15.4 Å². The summed E-state index contributed by atoms with van der Waals surface area (Å²) in [4.78, 5) is 17.6. The van der Waals surface area contributed by atoms with Gasteiger partial charge in [0.05, 0.1) is 42.6 Å². The van der Waals surface area contributed by atoms with Gasteiger partial charge >= 0.3 is 0 Å². The minimum atomic E-state index is -0.333. The number of nitrogens with one attached hydrogen (secondary N) is 1. The van der Waals surface area contributed by atoms with Crippen molar-refractivity contribution in [2.45, 2.75) is 13.8 Å². The number of rotatable bonds is 6. The number of carbonyl (C=O) groups is 1. The molecule has 0 saturated heterocycles. The minimum absolute atomic E-state index is 0.313. The SMILES string of the molecule is COc1ccc(OC)c(-c2csc(NC(=O)c3c(C)nn(-c4ccc(F)cc4)c3C)n2)c1. The zero-order valence-corrected chi connectivity index (χ0v) is 18.8. The average molecular weight is 453 g/mol. The van der Waals surface area contributed by atoms with Crippen LogP contribution in [0.1, 0.15) is 21.7 Å². The molecule has 0 bridgehead atoms. The number of ether oxygens (including phenoxy) is 2. The number of anilines is 1. The molecule has 7 nitrogen and oxygen atoms in total. The van der Waals surface area contributed by atoms with Crippen LogP contribution in [0, 0.1) is 19.7 Å². The third-order valence-electron chi connectivity index (χ3n) is 5.00. The quantitative estimate of drug-likeness (QED) is 0.444. The summed E-state index contributed by atoms with van der Waals surface area (Å²) in [7, 11) is 3.18. The molecule has 2 heterocycles. The second-order valence-corrected chi connectivity index (χ2v) is 7.85. The molecule has 0 aliphatic rings. The summed E-state index contributed by atoms with van der Waals surface area (Å²) in [5.41, 5.74) is 3.77. The van der Waals surface area contributed by atoms with E-state index < -0.39 is 0 Å². The predicted molar refractivity (Wildman–Crippen MR) is 122 cm³/mol.